The van der Waals surface area contributed by atoms with E-state index in [0.29, 0.717) is 6.79 Å². The molecule has 3 N–H and O–H groups in total. The predicted octanol–water partition coefficient (Wildman–Crippen LogP) is 5.27. The number of aliphatic carboxylic acids is 3. The number of benzene rings is 1. The van der Waals surface area contributed by atoms with Crippen LogP contribution in [0, 0.1) is 0 Å². The molecule has 3 aromatic rings. The lowest BCUT2D eigenvalue weighted by Crippen LogP contribution is -2.36. The van der Waals surface area contributed by atoms with Crippen molar-refractivity contribution >= 4 is 23.6 Å². The van der Waals surface area contributed by atoms with Gasteiger partial charge in [0, 0.05) is 50.2 Å². The fourth-order valence-corrected chi connectivity index (χ4v) is 5.15. The van der Waals surface area contributed by atoms with Gasteiger partial charge < -0.3 is 29.7 Å². The minimum Gasteiger partial charge on any atom is -0.475 e. The van der Waals surface area contributed by atoms with Crippen molar-refractivity contribution in [3.63, 3.8) is 0 Å². The lowest BCUT2D eigenvalue weighted by Gasteiger charge is -2.26. The van der Waals surface area contributed by atoms with Gasteiger partial charge in [0.15, 0.2) is 11.5 Å². The second-order valence-corrected chi connectivity index (χ2v) is 10.9. The zero-order chi connectivity index (χ0) is 38.2. The number of fused-ring (bicyclic) bond motifs is 3. The molecule has 1 unspecified atom stereocenters. The third-order valence-electron chi connectivity index (χ3n) is 7.22. The Kier molecular flexibility index (Phi) is 12.7. The summed E-state index contributed by atoms with van der Waals surface area (Å²) >= 11 is 0. The number of nitrogens with zero attached hydrogens (tertiary/aromatic N) is 4. The number of hydrogen-bond acceptors (Lipinski definition) is 9. The molecule has 51 heavy (non-hydrogen) atoms. The van der Waals surface area contributed by atoms with E-state index in [-0.39, 0.29) is 5.41 Å². The lowest BCUT2D eigenvalue weighted by atomic mass is 9.85. The number of rotatable bonds is 4. The van der Waals surface area contributed by atoms with Crippen molar-refractivity contribution in [1.29, 1.82) is 0 Å². The summed E-state index contributed by atoms with van der Waals surface area (Å²) < 4.78 is 106. The van der Waals surface area contributed by atoms with Gasteiger partial charge in [-0.1, -0.05) is 12.1 Å². The van der Waals surface area contributed by atoms with Crippen molar-refractivity contribution in [3.05, 3.63) is 77.9 Å². The Labute approximate surface area is 281 Å². The molecule has 12 nitrogen and oxygen atoms in total. The Morgan fingerprint density at radius 1 is 0.745 bits per heavy atom. The van der Waals surface area contributed by atoms with E-state index in [2.05, 4.69) is 39.0 Å². The van der Waals surface area contributed by atoms with Crippen LogP contribution in [0.4, 0.5) is 45.2 Å². The standard InChI is InChI=1S/C24H24N4O2.3C2HF3O2/c1-3-19(12-25-8-1)14-28-16-24(23-20(28)4-2-9-26-23)7-10-27(15-24)13-18-5-6-21-22(11-18)30-17-29-21;3*3-2(4,5)1(6)7/h1-6,8-9,11-12H,7,10,13-17H2;3*(H,6,7). The van der Waals surface area contributed by atoms with Crippen molar-refractivity contribution in [2.45, 2.75) is 43.5 Å². The SMILES string of the molecule is O=C(O)C(F)(F)F.O=C(O)C(F)(F)F.O=C(O)C(F)(F)F.c1cncc(CN2CC3(CCN(Cc4ccc5c(c4)OCO5)C3)c3ncccc32)c1. The lowest BCUT2D eigenvalue weighted by molar-refractivity contribution is -0.193. The van der Waals surface area contributed by atoms with Crippen LogP contribution < -0.4 is 14.4 Å². The zero-order valence-corrected chi connectivity index (χ0v) is 25.8. The fourth-order valence-electron chi connectivity index (χ4n) is 5.15. The van der Waals surface area contributed by atoms with E-state index in [4.69, 9.17) is 44.2 Å². The van der Waals surface area contributed by atoms with Crippen LogP contribution >= 0.6 is 0 Å². The van der Waals surface area contributed by atoms with Crippen LogP contribution in [-0.4, -0.2) is 93.1 Å². The van der Waals surface area contributed by atoms with Crippen molar-refractivity contribution in [3.8, 4) is 11.5 Å². The third-order valence-corrected chi connectivity index (χ3v) is 7.22. The molecular weight excluding hydrogens is 715 g/mol. The molecule has 21 heteroatoms. The number of alkyl halides is 9. The number of anilines is 1. The molecule has 1 spiro atoms. The quantitative estimate of drug-likeness (QED) is 0.298. The molecule has 1 aromatic carbocycles. The predicted molar refractivity (Wildman–Crippen MR) is 155 cm³/mol. The molecule has 0 amide bonds. The van der Waals surface area contributed by atoms with Gasteiger partial charge in [-0.15, -0.1) is 0 Å². The average Bonchev–Trinajstić information content (AvgIpc) is 3.75. The minimum absolute atomic E-state index is 0.0924. The molecule has 0 radical (unpaired) electrons. The number of halogens is 9. The summed E-state index contributed by atoms with van der Waals surface area (Å²) in [6.45, 7) is 5.21. The average molecular weight is 743 g/mol. The molecule has 278 valence electrons. The highest BCUT2D eigenvalue weighted by Gasteiger charge is 2.48. The van der Waals surface area contributed by atoms with Crippen LogP contribution in [0.15, 0.2) is 61.1 Å². The van der Waals surface area contributed by atoms with Gasteiger partial charge in [0.25, 0.3) is 0 Å². The number of carbonyl (C=O) groups is 3. The number of pyridine rings is 2. The van der Waals surface area contributed by atoms with Crippen LogP contribution in [0.2, 0.25) is 0 Å². The summed E-state index contributed by atoms with van der Waals surface area (Å²) in [7, 11) is 0. The fraction of sp³-hybridized carbons (Fsp3) is 0.367. The summed E-state index contributed by atoms with van der Waals surface area (Å²) in [6.07, 6.45) is -8.39. The monoisotopic (exact) mass is 742 g/mol. The maximum atomic E-state index is 10.6. The topological polar surface area (TPSA) is 163 Å². The van der Waals surface area contributed by atoms with E-state index in [1.165, 1.54) is 22.5 Å². The van der Waals surface area contributed by atoms with E-state index < -0.39 is 36.4 Å². The van der Waals surface area contributed by atoms with E-state index in [9.17, 15) is 39.5 Å². The van der Waals surface area contributed by atoms with Gasteiger partial charge in [-0.3, -0.25) is 14.9 Å². The molecule has 0 bridgehead atoms. The van der Waals surface area contributed by atoms with Gasteiger partial charge in [-0.05, 0) is 54.4 Å². The molecule has 5 heterocycles. The summed E-state index contributed by atoms with van der Waals surface area (Å²) in [4.78, 5) is 40.8. The molecule has 1 atom stereocenters. The van der Waals surface area contributed by atoms with Crippen LogP contribution in [0.1, 0.15) is 23.2 Å². The van der Waals surface area contributed by atoms with Gasteiger partial charge in [0.2, 0.25) is 6.79 Å². The summed E-state index contributed by atoms with van der Waals surface area (Å²) in [5.41, 5.74) is 5.12. The highest BCUT2D eigenvalue weighted by Crippen LogP contribution is 2.46. The molecule has 0 aliphatic carbocycles. The van der Waals surface area contributed by atoms with Gasteiger partial charge in [-0.25, -0.2) is 14.4 Å². The molecule has 1 fully saturated rings. The Hall–Kier alpha value is -5.34. The highest BCUT2D eigenvalue weighted by molar-refractivity contribution is 5.73. The first-order valence-electron chi connectivity index (χ1n) is 14.2. The first-order chi connectivity index (χ1) is 23.6. The Balaban J connectivity index is 0.000000275. The van der Waals surface area contributed by atoms with Crippen molar-refractivity contribution in [2.75, 3.05) is 31.3 Å². The largest absolute Gasteiger partial charge is 0.490 e. The van der Waals surface area contributed by atoms with Gasteiger partial charge in [0.05, 0.1) is 11.4 Å². The van der Waals surface area contributed by atoms with E-state index in [0.717, 1.165) is 50.6 Å². The second kappa shape index (κ2) is 16.1. The number of hydrogen-bond donors (Lipinski definition) is 3. The normalized spacial score (nSPS) is 17.6. The number of carboxylic acid groups (broad SMARTS) is 3. The molecule has 6 rings (SSSR count). The summed E-state index contributed by atoms with van der Waals surface area (Å²) in [5.74, 6) is -6.57. The van der Waals surface area contributed by atoms with Crippen molar-refractivity contribution < 1.29 is 78.7 Å². The first-order valence-corrected chi connectivity index (χ1v) is 14.2. The second-order valence-electron chi connectivity index (χ2n) is 10.9. The zero-order valence-electron chi connectivity index (χ0n) is 25.8. The molecular formula is C30H27F9N4O8. The Bertz CT molecular complexity index is 1620. The maximum Gasteiger partial charge on any atom is 0.490 e. The molecule has 3 aliphatic heterocycles. The number of likely N-dealkylation sites (tertiary alicyclic amines) is 1. The van der Waals surface area contributed by atoms with Crippen LogP contribution in [-0.2, 0) is 32.9 Å². The van der Waals surface area contributed by atoms with Crippen LogP contribution in [0.3, 0.4) is 0 Å². The molecule has 1 saturated heterocycles. The summed E-state index contributed by atoms with van der Waals surface area (Å²) in [6, 6.07) is 14.7. The van der Waals surface area contributed by atoms with Crippen LogP contribution in [0.25, 0.3) is 0 Å². The number of ether oxygens (including phenoxy) is 2. The Morgan fingerprint density at radius 2 is 1.31 bits per heavy atom. The Morgan fingerprint density at radius 3 is 1.86 bits per heavy atom. The molecule has 0 saturated carbocycles. The molecule has 3 aliphatic rings. The van der Waals surface area contributed by atoms with E-state index >= 15 is 0 Å². The van der Waals surface area contributed by atoms with Gasteiger partial charge in [-0.2, -0.15) is 39.5 Å². The molecule has 2 aromatic heterocycles. The minimum atomic E-state index is -5.08. The van der Waals surface area contributed by atoms with Crippen molar-refractivity contribution in [2.24, 2.45) is 0 Å². The third kappa shape index (κ3) is 11.3. The smallest absolute Gasteiger partial charge is 0.475 e. The van der Waals surface area contributed by atoms with E-state index in [1.807, 2.05) is 36.8 Å². The number of carboxylic acids is 3. The van der Waals surface area contributed by atoms with Crippen LogP contribution in [0.5, 0.6) is 11.5 Å². The highest BCUT2D eigenvalue weighted by atomic mass is 19.4. The summed E-state index contributed by atoms with van der Waals surface area (Å²) in [5, 5.41) is 21.4. The van der Waals surface area contributed by atoms with Gasteiger partial charge in [0.1, 0.15) is 0 Å². The maximum absolute atomic E-state index is 10.6. The van der Waals surface area contributed by atoms with E-state index in [1.54, 1.807) is 0 Å². The number of aromatic nitrogens is 2. The van der Waals surface area contributed by atoms with Crippen molar-refractivity contribution in [1.82, 2.24) is 14.9 Å². The van der Waals surface area contributed by atoms with Gasteiger partial charge >= 0.3 is 36.4 Å². The first kappa shape index (κ1) is 40.1.